The molecule has 0 aromatic heterocycles. The summed E-state index contributed by atoms with van der Waals surface area (Å²) in [5.41, 5.74) is 1.72. The van der Waals surface area contributed by atoms with E-state index in [1.54, 1.807) is 0 Å². The Morgan fingerprint density at radius 1 is 1.25 bits per heavy atom. The molecule has 2 N–H and O–H groups in total. The van der Waals surface area contributed by atoms with E-state index in [2.05, 4.69) is 17.6 Å². The molecule has 0 unspecified atom stereocenters. The van der Waals surface area contributed by atoms with Crippen LogP contribution in [-0.2, 0) is 10.8 Å². The van der Waals surface area contributed by atoms with Gasteiger partial charge in [0.2, 0.25) is 0 Å². The van der Waals surface area contributed by atoms with Crippen LogP contribution in [-0.4, -0.2) is 34.2 Å². The molecule has 0 atom stereocenters. The molecule has 2 rings (SSSR count). The van der Waals surface area contributed by atoms with E-state index in [1.807, 2.05) is 24.3 Å². The summed E-state index contributed by atoms with van der Waals surface area (Å²) < 4.78 is 11.3. The average molecular weight is 294 g/mol. The van der Waals surface area contributed by atoms with Crippen LogP contribution in [0.5, 0.6) is 0 Å². The second kappa shape index (κ2) is 7.43. The molecule has 0 aliphatic carbocycles. The molecule has 1 fully saturated rings. The number of benzene rings is 1. The Morgan fingerprint density at radius 3 is 2.50 bits per heavy atom. The zero-order valence-corrected chi connectivity index (χ0v) is 12.7. The van der Waals surface area contributed by atoms with Gasteiger partial charge in [0, 0.05) is 46.1 Å². The summed E-state index contributed by atoms with van der Waals surface area (Å²) in [7, 11) is -0.686. The molecule has 1 aromatic rings. The van der Waals surface area contributed by atoms with Crippen molar-refractivity contribution in [3.8, 4) is 0 Å². The fourth-order valence-corrected chi connectivity index (χ4v) is 3.51. The van der Waals surface area contributed by atoms with Crippen molar-refractivity contribution < 1.29 is 9.00 Å². The molecule has 0 spiro atoms. The minimum Gasteiger partial charge on any atom is -0.385 e. The van der Waals surface area contributed by atoms with Gasteiger partial charge < -0.3 is 10.6 Å². The molecular weight excluding hydrogens is 272 g/mol. The van der Waals surface area contributed by atoms with Crippen LogP contribution >= 0.6 is 0 Å². The maximum Gasteiger partial charge on any atom is 0.251 e. The highest BCUT2D eigenvalue weighted by Gasteiger charge is 2.19. The third-order valence-electron chi connectivity index (χ3n) is 3.45. The lowest BCUT2D eigenvalue weighted by molar-refractivity contribution is 0.0934. The molecule has 4 nitrogen and oxygen atoms in total. The first-order valence-electron chi connectivity index (χ1n) is 7.19. The molecule has 20 heavy (non-hydrogen) atoms. The van der Waals surface area contributed by atoms with Crippen LogP contribution < -0.4 is 10.6 Å². The molecule has 1 amide bonds. The number of carbonyl (C=O) groups excluding carboxylic acids is 1. The van der Waals surface area contributed by atoms with Crippen molar-refractivity contribution in [1.29, 1.82) is 0 Å². The van der Waals surface area contributed by atoms with Gasteiger partial charge in [0.15, 0.2) is 0 Å². The van der Waals surface area contributed by atoms with Gasteiger partial charge in [-0.15, -0.1) is 0 Å². The van der Waals surface area contributed by atoms with Crippen LogP contribution in [0.25, 0.3) is 0 Å². The third kappa shape index (κ3) is 4.34. The number of hydrogen-bond acceptors (Lipinski definition) is 3. The molecule has 1 aliphatic heterocycles. The molecule has 1 saturated heterocycles. The van der Waals surface area contributed by atoms with E-state index in [0.29, 0.717) is 17.1 Å². The van der Waals surface area contributed by atoms with Crippen molar-refractivity contribution in [3.05, 3.63) is 29.8 Å². The predicted molar refractivity (Wildman–Crippen MR) is 83.6 cm³/mol. The third-order valence-corrected chi connectivity index (χ3v) is 4.83. The molecule has 0 radical (unpaired) electrons. The summed E-state index contributed by atoms with van der Waals surface area (Å²) in [6, 6.07) is 7.71. The zero-order valence-electron chi connectivity index (χ0n) is 11.9. The van der Waals surface area contributed by atoms with E-state index in [0.717, 1.165) is 31.5 Å². The van der Waals surface area contributed by atoms with Gasteiger partial charge in [-0.25, -0.2) is 0 Å². The second-order valence-corrected chi connectivity index (χ2v) is 6.80. The zero-order chi connectivity index (χ0) is 14.4. The van der Waals surface area contributed by atoms with Gasteiger partial charge in [-0.1, -0.05) is 6.92 Å². The number of carbonyl (C=O) groups is 1. The highest BCUT2D eigenvalue weighted by Crippen LogP contribution is 2.12. The van der Waals surface area contributed by atoms with Gasteiger partial charge in [0.05, 0.1) is 0 Å². The minimum atomic E-state index is -0.686. The Hall–Kier alpha value is -1.36. The lowest BCUT2D eigenvalue weighted by Gasteiger charge is -2.22. The predicted octanol–water partition coefficient (Wildman–Crippen LogP) is 2.15. The second-order valence-electron chi connectivity index (χ2n) is 5.10. The van der Waals surface area contributed by atoms with Crippen LogP contribution in [0.4, 0.5) is 5.69 Å². The summed E-state index contributed by atoms with van der Waals surface area (Å²) in [6.45, 7) is 3.05. The molecule has 5 heteroatoms. The first kappa shape index (κ1) is 15.0. The summed E-state index contributed by atoms with van der Waals surface area (Å²) in [5, 5.41) is 6.31. The molecule has 110 valence electrons. The maximum absolute atomic E-state index is 12.1. The number of anilines is 1. The highest BCUT2D eigenvalue weighted by atomic mass is 32.2. The van der Waals surface area contributed by atoms with E-state index >= 15 is 0 Å². The topological polar surface area (TPSA) is 58.2 Å². The van der Waals surface area contributed by atoms with Gasteiger partial charge in [-0.2, -0.15) is 0 Å². The normalized spacial score (nSPS) is 22.2. The standard InChI is InChI=1S/C15H22N2O2S/c1-2-9-16-13-5-3-12(4-6-13)15(18)17-14-7-10-20(19)11-8-14/h3-6,14,16H,2,7-11H2,1H3,(H,17,18). The van der Waals surface area contributed by atoms with Crippen LogP contribution in [0.1, 0.15) is 36.5 Å². The number of nitrogens with one attached hydrogen (secondary N) is 2. The summed E-state index contributed by atoms with van der Waals surface area (Å²) >= 11 is 0. The van der Waals surface area contributed by atoms with Crippen LogP contribution in [0.3, 0.4) is 0 Å². The lowest BCUT2D eigenvalue weighted by Crippen LogP contribution is -2.39. The van der Waals surface area contributed by atoms with Gasteiger partial charge in [-0.3, -0.25) is 9.00 Å². The van der Waals surface area contributed by atoms with Crippen molar-refractivity contribution in [2.75, 3.05) is 23.4 Å². The molecule has 1 aromatic carbocycles. The van der Waals surface area contributed by atoms with E-state index in [4.69, 9.17) is 0 Å². The molecule has 0 saturated carbocycles. The van der Waals surface area contributed by atoms with Crippen LogP contribution in [0.2, 0.25) is 0 Å². The van der Waals surface area contributed by atoms with Gasteiger partial charge >= 0.3 is 0 Å². The summed E-state index contributed by atoms with van der Waals surface area (Å²) in [4.78, 5) is 12.1. The molecule has 1 aliphatic rings. The fraction of sp³-hybridized carbons (Fsp3) is 0.533. The minimum absolute atomic E-state index is 0.0373. The Balaban J connectivity index is 1.87. The van der Waals surface area contributed by atoms with Crippen molar-refractivity contribution >= 4 is 22.4 Å². The van der Waals surface area contributed by atoms with E-state index in [1.165, 1.54) is 0 Å². The number of amides is 1. The van der Waals surface area contributed by atoms with Crippen molar-refractivity contribution in [1.82, 2.24) is 5.32 Å². The molecular formula is C15H22N2O2S. The van der Waals surface area contributed by atoms with Crippen LogP contribution in [0, 0.1) is 0 Å². The Morgan fingerprint density at radius 2 is 1.90 bits per heavy atom. The van der Waals surface area contributed by atoms with Gasteiger partial charge in [0.25, 0.3) is 5.91 Å². The van der Waals surface area contributed by atoms with E-state index in [-0.39, 0.29) is 11.9 Å². The Labute approximate surface area is 122 Å². The smallest absolute Gasteiger partial charge is 0.251 e. The first-order chi connectivity index (χ1) is 9.69. The first-order valence-corrected chi connectivity index (χ1v) is 8.67. The Bertz CT molecular complexity index is 463. The number of hydrogen-bond donors (Lipinski definition) is 2. The van der Waals surface area contributed by atoms with Crippen molar-refractivity contribution in [2.24, 2.45) is 0 Å². The van der Waals surface area contributed by atoms with E-state index in [9.17, 15) is 9.00 Å². The van der Waals surface area contributed by atoms with Crippen molar-refractivity contribution in [2.45, 2.75) is 32.2 Å². The number of rotatable bonds is 5. The fourth-order valence-electron chi connectivity index (χ4n) is 2.22. The van der Waals surface area contributed by atoms with Gasteiger partial charge in [-0.05, 0) is 43.5 Å². The monoisotopic (exact) mass is 294 g/mol. The summed E-state index contributed by atoms with van der Waals surface area (Å²) in [6.07, 6.45) is 2.70. The maximum atomic E-state index is 12.1. The van der Waals surface area contributed by atoms with Gasteiger partial charge in [0.1, 0.15) is 0 Å². The quantitative estimate of drug-likeness (QED) is 0.875. The summed E-state index contributed by atoms with van der Waals surface area (Å²) in [5.74, 6) is 1.36. The highest BCUT2D eigenvalue weighted by molar-refractivity contribution is 7.85. The largest absolute Gasteiger partial charge is 0.385 e. The van der Waals surface area contributed by atoms with Crippen LogP contribution in [0.15, 0.2) is 24.3 Å². The molecule has 0 bridgehead atoms. The van der Waals surface area contributed by atoms with E-state index < -0.39 is 10.8 Å². The lowest BCUT2D eigenvalue weighted by atomic mass is 10.1. The Kier molecular flexibility index (Phi) is 5.59. The SMILES string of the molecule is CCCNc1ccc(C(=O)NC2CCS(=O)CC2)cc1. The van der Waals surface area contributed by atoms with Crippen molar-refractivity contribution in [3.63, 3.8) is 0 Å². The molecule has 1 heterocycles. The average Bonchev–Trinajstić information content (AvgIpc) is 2.48.